The number of aromatic amines is 1. The van der Waals surface area contributed by atoms with Crippen molar-refractivity contribution >= 4 is 22.7 Å². The van der Waals surface area contributed by atoms with Crippen molar-refractivity contribution in [3.63, 3.8) is 0 Å². The van der Waals surface area contributed by atoms with Gasteiger partial charge in [-0.15, -0.1) is 0 Å². The lowest BCUT2D eigenvalue weighted by Gasteiger charge is -2.34. The number of nitrogens with one attached hydrogen (secondary N) is 1. The highest BCUT2D eigenvalue weighted by Crippen LogP contribution is 2.15. The minimum absolute atomic E-state index is 0.0454. The summed E-state index contributed by atoms with van der Waals surface area (Å²) >= 11 is 0. The second-order valence-corrected chi connectivity index (χ2v) is 6.81. The summed E-state index contributed by atoms with van der Waals surface area (Å²) in [6.45, 7) is 0.936. The van der Waals surface area contributed by atoms with Crippen LogP contribution in [0.2, 0.25) is 0 Å². The maximum atomic E-state index is 13.4. The molecule has 0 unspecified atom stereocenters. The maximum Gasteiger partial charge on any atom is 0.261 e. The third kappa shape index (κ3) is 3.61. The zero-order valence-corrected chi connectivity index (χ0v) is 15.3. The van der Waals surface area contributed by atoms with Crippen LogP contribution in [0.1, 0.15) is 20.7 Å². The zero-order chi connectivity index (χ0) is 20.5. The van der Waals surface area contributed by atoms with E-state index in [0.29, 0.717) is 5.52 Å². The highest BCUT2D eigenvalue weighted by molar-refractivity contribution is 5.98. The molecule has 3 aromatic rings. The Hall–Kier alpha value is -3.55. The monoisotopic (exact) mass is 397 g/mol. The number of halogens is 2. The molecule has 2 aromatic carbocycles. The van der Waals surface area contributed by atoms with Crippen molar-refractivity contribution < 1.29 is 18.4 Å². The Labute approximate surface area is 164 Å². The lowest BCUT2D eigenvalue weighted by atomic mass is 10.1. The van der Waals surface area contributed by atoms with E-state index in [2.05, 4.69) is 4.98 Å². The quantitative estimate of drug-likeness (QED) is 0.722. The van der Waals surface area contributed by atoms with Gasteiger partial charge in [-0.2, -0.15) is 0 Å². The Morgan fingerprint density at radius 1 is 0.828 bits per heavy atom. The summed E-state index contributed by atoms with van der Waals surface area (Å²) in [6.07, 6.45) is 0. The van der Waals surface area contributed by atoms with Gasteiger partial charge in [0.25, 0.3) is 17.4 Å². The molecule has 0 bridgehead atoms. The van der Waals surface area contributed by atoms with Crippen LogP contribution in [0.25, 0.3) is 10.9 Å². The number of pyridine rings is 1. The molecule has 0 spiro atoms. The van der Waals surface area contributed by atoms with Crippen LogP contribution in [-0.4, -0.2) is 52.8 Å². The second kappa shape index (κ2) is 7.46. The van der Waals surface area contributed by atoms with E-state index in [1.807, 2.05) is 6.07 Å². The van der Waals surface area contributed by atoms with Crippen LogP contribution in [0.4, 0.5) is 8.78 Å². The molecule has 1 aromatic heterocycles. The van der Waals surface area contributed by atoms with E-state index in [1.165, 1.54) is 15.9 Å². The summed E-state index contributed by atoms with van der Waals surface area (Å²) in [5.41, 5.74) is 0.281. The minimum atomic E-state index is -1.08. The molecule has 8 heteroatoms. The number of benzene rings is 2. The predicted molar refractivity (Wildman–Crippen MR) is 103 cm³/mol. The average molecular weight is 397 g/mol. The number of rotatable bonds is 2. The van der Waals surface area contributed by atoms with Crippen molar-refractivity contribution in [2.24, 2.45) is 0 Å². The largest absolute Gasteiger partial charge is 0.335 e. The summed E-state index contributed by atoms with van der Waals surface area (Å²) in [5, 5.41) is 0.752. The Bertz CT molecular complexity index is 1170. The normalized spacial score (nSPS) is 14.3. The molecule has 4 rings (SSSR count). The Balaban J connectivity index is 1.47. The fourth-order valence-electron chi connectivity index (χ4n) is 3.40. The van der Waals surface area contributed by atoms with E-state index in [4.69, 9.17) is 0 Å². The summed E-state index contributed by atoms with van der Waals surface area (Å²) < 4.78 is 26.4. The SMILES string of the molecule is O=C(c1ccc(F)c(F)c1)N1CCN(C(=O)c2cc3ccccc3[nH]c2=O)CC1. The number of hydrogen-bond donors (Lipinski definition) is 1. The molecule has 1 aliphatic rings. The van der Waals surface area contributed by atoms with Crippen molar-refractivity contribution in [1.29, 1.82) is 0 Å². The Morgan fingerprint density at radius 3 is 2.17 bits per heavy atom. The number of carbonyl (C=O) groups excluding carboxylic acids is 2. The van der Waals surface area contributed by atoms with Gasteiger partial charge in [0.15, 0.2) is 11.6 Å². The number of H-pyrrole nitrogens is 1. The lowest BCUT2D eigenvalue weighted by Crippen LogP contribution is -2.51. The van der Waals surface area contributed by atoms with Gasteiger partial charge < -0.3 is 14.8 Å². The van der Waals surface area contributed by atoms with Gasteiger partial charge in [0, 0.05) is 37.3 Å². The molecule has 1 N–H and O–H groups in total. The lowest BCUT2D eigenvalue weighted by molar-refractivity contribution is 0.0534. The van der Waals surface area contributed by atoms with Crippen LogP contribution in [0.15, 0.2) is 53.3 Å². The van der Waals surface area contributed by atoms with Gasteiger partial charge >= 0.3 is 0 Å². The highest BCUT2D eigenvalue weighted by Gasteiger charge is 2.27. The zero-order valence-electron chi connectivity index (χ0n) is 15.3. The first-order valence-electron chi connectivity index (χ1n) is 9.10. The molecular formula is C21H17F2N3O3. The molecule has 29 heavy (non-hydrogen) atoms. The Kier molecular flexibility index (Phi) is 4.84. The first-order valence-corrected chi connectivity index (χ1v) is 9.10. The number of hydrogen-bond acceptors (Lipinski definition) is 3. The molecule has 1 fully saturated rings. The molecule has 0 aliphatic carbocycles. The fourth-order valence-corrected chi connectivity index (χ4v) is 3.40. The highest BCUT2D eigenvalue weighted by atomic mass is 19.2. The number of piperazine rings is 1. The van der Waals surface area contributed by atoms with E-state index in [0.717, 1.165) is 17.5 Å². The molecule has 2 amide bonds. The topological polar surface area (TPSA) is 73.5 Å². The first kappa shape index (κ1) is 18.8. The summed E-state index contributed by atoms with van der Waals surface area (Å²) in [7, 11) is 0. The molecule has 0 saturated carbocycles. The second-order valence-electron chi connectivity index (χ2n) is 6.81. The third-order valence-electron chi connectivity index (χ3n) is 5.00. The summed E-state index contributed by atoms with van der Waals surface area (Å²) in [5.74, 6) is -2.94. The fraction of sp³-hybridized carbons (Fsp3) is 0.190. The van der Waals surface area contributed by atoms with Crippen LogP contribution < -0.4 is 5.56 Å². The van der Waals surface area contributed by atoms with E-state index in [-0.39, 0.29) is 37.3 Å². The number of para-hydroxylation sites is 1. The van der Waals surface area contributed by atoms with Crippen molar-refractivity contribution in [2.75, 3.05) is 26.2 Å². The van der Waals surface area contributed by atoms with Crippen LogP contribution in [0, 0.1) is 11.6 Å². The Morgan fingerprint density at radius 2 is 1.48 bits per heavy atom. The molecule has 1 aliphatic heterocycles. The van der Waals surface area contributed by atoms with Crippen molar-refractivity contribution in [2.45, 2.75) is 0 Å². The summed E-state index contributed by atoms with van der Waals surface area (Å²) in [4.78, 5) is 43.3. The summed E-state index contributed by atoms with van der Waals surface area (Å²) in [6, 6.07) is 11.7. The van der Waals surface area contributed by atoms with Gasteiger partial charge in [0.2, 0.25) is 0 Å². The molecule has 148 valence electrons. The maximum absolute atomic E-state index is 13.4. The van der Waals surface area contributed by atoms with Crippen molar-refractivity contribution in [3.05, 3.63) is 81.6 Å². The van der Waals surface area contributed by atoms with Crippen LogP contribution in [-0.2, 0) is 0 Å². The van der Waals surface area contributed by atoms with E-state index >= 15 is 0 Å². The number of aromatic nitrogens is 1. The number of nitrogens with zero attached hydrogens (tertiary/aromatic N) is 2. The van der Waals surface area contributed by atoms with Gasteiger partial charge in [-0.05, 0) is 35.7 Å². The van der Waals surface area contributed by atoms with Gasteiger partial charge in [0.05, 0.1) is 0 Å². The predicted octanol–water partition coefficient (Wildman–Crippen LogP) is 2.40. The van der Waals surface area contributed by atoms with E-state index in [1.54, 1.807) is 24.3 Å². The first-order chi connectivity index (χ1) is 13.9. The van der Waals surface area contributed by atoms with Gasteiger partial charge in [-0.3, -0.25) is 14.4 Å². The third-order valence-corrected chi connectivity index (χ3v) is 5.00. The van der Waals surface area contributed by atoms with Crippen LogP contribution in [0.5, 0.6) is 0 Å². The van der Waals surface area contributed by atoms with Crippen LogP contribution >= 0.6 is 0 Å². The van der Waals surface area contributed by atoms with E-state index < -0.39 is 29.0 Å². The molecule has 0 atom stereocenters. The average Bonchev–Trinajstić information content (AvgIpc) is 2.74. The van der Waals surface area contributed by atoms with Gasteiger partial charge in [-0.25, -0.2) is 8.78 Å². The van der Waals surface area contributed by atoms with Crippen molar-refractivity contribution in [3.8, 4) is 0 Å². The smallest absolute Gasteiger partial charge is 0.261 e. The molecular weight excluding hydrogens is 380 g/mol. The van der Waals surface area contributed by atoms with E-state index in [9.17, 15) is 23.2 Å². The number of amides is 2. The number of fused-ring (bicyclic) bond motifs is 1. The minimum Gasteiger partial charge on any atom is -0.335 e. The molecule has 6 nitrogen and oxygen atoms in total. The van der Waals surface area contributed by atoms with Crippen LogP contribution in [0.3, 0.4) is 0 Å². The molecule has 1 saturated heterocycles. The standard InChI is InChI=1S/C21H17F2N3O3/c22-16-6-5-14(12-17(16)23)20(28)25-7-9-26(10-8-25)21(29)15-11-13-3-1-2-4-18(13)24-19(15)27/h1-6,11-12H,7-10H2,(H,24,27). The van der Waals surface area contributed by atoms with Gasteiger partial charge in [-0.1, -0.05) is 18.2 Å². The van der Waals surface area contributed by atoms with Gasteiger partial charge in [0.1, 0.15) is 5.56 Å². The molecule has 2 heterocycles. The number of carbonyl (C=O) groups is 2. The molecule has 0 radical (unpaired) electrons. The van der Waals surface area contributed by atoms with Crippen molar-refractivity contribution in [1.82, 2.24) is 14.8 Å².